The van der Waals surface area contributed by atoms with E-state index < -0.39 is 18.1 Å². The van der Waals surface area contributed by atoms with Crippen LogP contribution in [0.5, 0.6) is 0 Å². The summed E-state index contributed by atoms with van der Waals surface area (Å²) in [6, 6.07) is -0.712. The lowest BCUT2D eigenvalue weighted by molar-refractivity contribution is -0.889. The first-order valence-electron chi connectivity index (χ1n) is 12.1. The zero-order chi connectivity index (χ0) is 24.4. The molecule has 0 aliphatic rings. The smallest absolute Gasteiger partial charge is 0.306 e. The summed E-state index contributed by atoms with van der Waals surface area (Å²) in [7, 11) is 5.34. The Balaban J connectivity index is 4.58. The van der Waals surface area contributed by atoms with Crippen molar-refractivity contribution in [3.05, 3.63) is 0 Å². The van der Waals surface area contributed by atoms with Gasteiger partial charge in [-0.25, -0.2) is 0 Å². The molecule has 188 valence electrons. The molecule has 2 unspecified atom stereocenters. The maximum Gasteiger partial charge on any atom is 0.306 e. The van der Waals surface area contributed by atoms with E-state index in [-0.39, 0.29) is 42.7 Å². The summed E-state index contributed by atoms with van der Waals surface area (Å²) in [6.07, 6.45) is 8.08. The van der Waals surface area contributed by atoms with Gasteiger partial charge in [-0.3, -0.25) is 9.59 Å². The van der Waals surface area contributed by atoms with Gasteiger partial charge in [0.1, 0.15) is 12.6 Å². The second kappa shape index (κ2) is 17.8. The third kappa shape index (κ3) is 16.0. The molecule has 0 fully saturated rings. The number of nitrogens with zero attached hydrogens (tertiary/aromatic N) is 1. The molecule has 0 aromatic carbocycles. The van der Waals surface area contributed by atoms with Gasteiger partial charge in [0, 0.05) is 19.3 Å². The molecular weight excluding hydrogens is 414 g/mol. The number of hydrogen-bond donors (Lipinski definition) is 0. The van der Waals surface area contributed by atoms with Crippen molar-refractivity contribution in [1.29, 1.82) is 0 Å². The first-order chi connectivity index (χ1) is 15.1. The summed E-state index contributed by atoms with van der Waals surface area (Å²) in [6.45, 7) is 4.35. The Morgan fingerprint density at radius 2 is 1.38 bits per heavy atom. The molecule has 0 saturated heterocycles. The van der Waals surface area contributed by atoms with Crippen LogP contribution in [0.4, 0.5) is 0 Å². The van der Waals surface area contributed by atoms with Crippen LogP contribution in [0.25, 0.3) is 0 Å². The van der Waals surface area contributed by atoms with Gasteiger partial charge >= 0.3 is 11.9 Å². The lowest BCUT2D eigenvalue weighted by atomic mass is 10.1. The maximum absolute atomic E-state index is 12.2. The van der Waals surface area contributed by atoms with Gasteiger partial charge in [0.15, 0.2) is 6.10 Å². The summed E-state index contributed by atoms with van der Waals surface area (Å²) >= 11 is 0. The minimum atomic E-state index is -1.13. The third-order valence-corrected chi connectivity index (χ3v) is 5.24. The lowest BCUT2D eigenvalue weighted by Gasteiger charge is -2.34. The number of unbranched alkanes of at least 4 members (excludes halogenated alkanes) is 6. The largest absolute Gasteiger partial charge is 0.544 e. The third-order valence-electron chi connectivity index (χ3n) is 5.24. The fraction of sp³-hybridized carbons (Fsp3) is 0.875. The SMILES string of the molecule is CCCCCCCC(=O)OC(COCCC(C(=O)[O-])[N+](C)(C)C)COC(=O)CCCCC. The highest BCUT2D eigenvalue weighted by Crippen LogP contribution is 2.10. The van der Waals surface area contributed by atoms with Gasteiger partial charge in [-0.05, 0) is 12.8 Å². The Morgan fingerprint density at radius 1 is 0.812 bits per heavy atom. The van der Waals surface area contributed by atoms with Crippen LogP contribution in [0.3, 0.4) is 0 Å². The molecule has 8 nitrogen and oxygen atoms in total. The zero-order valence-electron chi connectivity index (χ0n) is 20.9. The molecule has 0 N–H and O–H groups in total. The Labute approximate surface area is 194 Å². The number of rotatable bonds is 20. The molecule has 0 aromatic heterocycles. The standard InChI is InChI=1S/C24H45NO7/c1-6-8-10-11-13-15-23(27)32-20(19-31-22(26)14-12-9-7-2)18-30-17-16-21(24(28)29)25(3,4)5/h20-21H,6-19H2,1-5H3. The molecule has 0 bridgehead atoms. The summed E-state index contributed by atoms with van der Waals surface area (Å²) in [5.74, 6) is -1.79. The van der Waals surface area contributed by atoms with E-state index in [0.29, 0.717) is 12.8 Å². The molecule has 0 heterocycles. The summed E-state index contributed by atoms with van der Waals surface area (Å²) < 4.78 is 16.6. The Hall–Kier alpha value is -1.67. The number of carboxylic acids is 1. The van der Waals surface area contributed by atoms with Crippen LogP contribution in [-0.2, 0) is 28.6 Å². The molecule has 2 atom stereocenters. The Morgan fingerprint density at radius 3 is 1.97 bits per heavy atom. The van der Waals surface area contributed by atoms with E-state index in [2.05, 4.69) is 13.8 Å². The second-order valence-corrected chi connectivity index (χ2v) is 9.23. The zero-order valence-corrected chi connectivity index (χ0v) is 20.9. The Bertz CT molecular complexity index is 531. The first-order valence-corrected chi connectivity index (χ1v) is 12.1. The minimum absolute atomic E-state index is 0.0424. The van der Waals surface area contributed by atoms with Crippen molar-refractivity contribution < 1.29 is 38.2 Å². The van der Waals surface area contributed by atoms with Crippen LogP contribution in [0.2, 0.25) is 0 Å². The van der Waals surface area contributed by atoms with Gasteiger partial charge in [0.25, 0.3) is 0 Å². The quantitative estimate of drug-likeness (QED) is 0.157. The summed E-state index contributed by atoms with van der Waals surface area (Å²) in [4.78, 5) is 35.5. The number of carboxylic acid groups (broad SMARTS) is 1. The van der Waals surface area contributed by atoms with E-state index in [4.69, 9.17) is 14.2 Å². The molecule has 0 saturated carbocycles. The molecule has 0 rings (SSSR count). The molecule has 0 aliphatic carbocycles. The van der Waals surface area contributed by atoms with Crippen molar-refractivity contribution in [2.75, 3.05) is 41.0 Å². The van der Waals surface area contributed by atoms with E-state index in [1.807, 2.05) is 0 Å². The lowest BCUT2D eigenvalue weighted by Crippen LogP contribution is -2.55. The van der Waals surface area contributed by atoms with Gasteiger partial charge in [-0.1, -0.05) is 52.4 Å². The van der Waals surface area contributed by atoms with Crippen molar-refractivity contribution >= 4 is 17.9 Å². The van der Waals surface area contributed by atoms with Crippen LogP contribution in [0.1, 0.15) is 84.5 Å². The van der Waals surface area contributed by atoms with Crippen LogP contribution in [0, 0.1) is 0 Å². The monoisotopic (exact) mass is 459 g/mol. The van der Waals surface area contributed by atoms with Gasteiger partial charge in [-0.15, -0.1) is 0 Å². The van der Waals surface area contributed by atoms with Gasteiger partial charge < -0.3 is 28.6 Å². The molecule has 0 aromatic rings. The molecule has 32 heavy (non-hydrogen) atoms. The molecule has 0 radical (unpaired) electrons. The fourth-order valence-corrected chi connectivity index (χ4v) is 3.24. The van der Waals surface area contributed by atoms with Crippen molar-refractivity contribution in [2.45, 2.75) is 96.6 Å². The first kappa shape index (κ1) is 30.3. The van der Waals surface area contributed by atoms with Crippen molar-refractivity contribution in [3.63, 3.8) is 0 Å². The van der Waals surface area contributed by atoms with Crippen LogP contribution < -0.4 is 5.11 Å². The van der Waals surface area contributed by atoms with E-state index in [0.717, 1.165) is 51.4 Å². The predicted octanol–water partition coefficient (Wildman–Crippen LogP) is 2.61. The van der Waals surface area contributed by atoms with E-state index >= 15 is 0 Å². The van der Waals surface area contributed by atoms with Crippen LogP contribution >= 0.6 is 0 Å². The average Bonchev–Trinajstić information content (AvgIpc) is 2.70. The maximum atomic E-state index is 12.2. The van der Waals surface area contributed by atoms with Crippen molar-refractivity contribution in [3.8, 4) is 0 Å². The number of likely N-dealkylation sites (N-methyl/N-ethyl adjacent to an activating group) is 1. The van der Waals surface area contributed by atoms with Gasteiger partial charge in [0.2, 0.25) is 0 Å². The van der Waals surface area contributed by atoms with E-state index in [1.54, 1.807) is 21.1 Å². The molecule has 0 amide bonds. The number of carbonyl (C=O) groups excluding carboxylic acids is 3. The fourth-order valence-electron chi connectivity index (χ4n) is 3.24. The number of quaternary nitrogens is 1. The molecule has 0 aliphatic heterocycles. The average molecular weight is 460 g/mol. The molecular formula is C24H45NO7. The number of aliphatic carboxylic acids is 1. The van der Waals surface area contributed by atoms with Crippen LogP contribution in [-0.4, -0.2) is 75.5 Å². The number of carbonyl (C=O) groups is 3. The number of hydrogen-bond acceptors (Lipinski definition) is 7. The summed E-state index contributed by atoms with van der Waals surface area (Å²) in [5, 5.41) is 11.4. The topological polar surface area (TPSA) is 102 Å². The number of ether oxygens (including phenoxy) is 3. The minimum Gasteiger partial charge on any atom is -0.544 e. The normalized spacial score (nSPS) is 13.4. The molecule has 0 spiro atoms. The highest BCUT2D eigenvalue weighted by molar-refractivity contribution is 5.70. The van der Waals surface area contributed by atoms with Crippen molar-refractivity contribution in [2.24, 2.45) is 0 Å². The van der Waals surface area contributed by atoms with Crippen molar-refractivity contribution in [1.82, 2.24) is 0 Å². The summed E-state index contributed by atoms with van der Waals surface area (Å²) in [5.41, 5.74) is 0. The second-order valence-electron chi connectivity index (χ2n) is 9.23. The van der Waals surface area contributed by atoms with E-state index in [1.165, 1.54) is 0 Å². The molecule has 8 heteroatoms. The van der Waals surface area contributed by atoms with Crippen LogP contribution in [0.15, 0.2) is 0 Å². The van der Waals surface area contributed by atoms with Gasteiger partial charge in [0.05, 0.1) is 40.3 Å². The number of esters is 2. The predicted molar refractivity (Wildman–Crippen MR) is 121 cm³/mol. The highest BCUT2D eigenvalue weighted by Gasteiger charge is 2.25. The van der Waals surface area contributed by atoms with E-state index in [9.17, 15) is 19.5 Å². The Kier molecular flexibility index (Phi) is 16.9. The van der Waals surface area contributed by atoms with Gasteiger partial charge in [-0.2, -0.15) is 0 Å². The highest BCUT2D eigenvalue weighted by atomic mass is 16.6.